The van der Waals surface area contributed by atoms with E-state index in [-0.39, 0.29) is 11.5 Å². The molecule has 112 valence electrons. The molecule has 1 amide bonds. The minimum atomic E-state index is -0.211. The Kier molecular flexibility index (Phi) is 2.96. The SMILES string of the molecule is O=C(NCC1CCC1)c1cnn2c1[nH]c(=O)c1ccccc12. The van der Waals surface area contributed by atoms with E-state index in [1.807, 2.05) is 12.1 Å². The van der Waals surface area contributed by atoms with Gasteiger partial charge < -0.3 is 10.3 Å². The molecule has 1 aromatic carbocycles. The van der Waals surface area contributed by atoms with Crippen LogP contribution in [0.25, 0.3) is 16.6 Å². The lowest BCUT2D eigenvalue weighted by molar-refractivity contribution is 0.0940. The quantitative estimate of drug-likeness (QED) is 0.772. The summed E-state index contributed by atoms with van der Waals surface area (Å²) in [5, 5.41) is 7.74. The van der Waals surface area contributed by atoms with Gasteiger partial charge in [0.2, 0.25) is 0 Å². The van der Waals surface area contributed by atoms with Crippen LogP contribution in [0.15, 0.2) is 35.3 Å². The number of hydrogen-bond donors (Lipinski definition) is 2. The van der Waals surface area contributed by atoms with Crippen molar-refractivity contribution in [2.24, 2.45) is 5.92 Å². The van der Waals surface area contributed by atoms with Crippen LogP contribution in [0, 0.1) is 5.92 Å². The smallest absolute Gasteiger partial charge is 0.259 e. The Morgan fingerprint density at radius 3 is 2.95 bits per heavy atom. The molecule has 1 saturated carbocycles. The van der Waals surface area contributed by atoms with Crippen LogP contribution in [0.4, 0.5) is 0 Å². The van der Waals surface area contributed by atoms with E-state index in [1.165, 1.54) is 25.5 Å². The lowest BCUT2D eigenvalue weighted by Crippen LogP contribution is -2.32. The zero-order chi connectivity index (χ0) is 15.1. The number of aromatic amines is 1. The highest BCUT2D eigenvalue weighted by molar-refractivity contribution is 6.00. The van der Waals surface area contributed by atoms with Crippen LogP contribution < -0.4 is 10.9 Å². The third-order valence-corrected chi connectivity index (χ3v) is 4.40. The third kappa shape index (κ3) is 1.99. The average Bonchev–Trinajstić information content (AvgIpc) is 2.90. The monoisotopic (exact) mass is 296 g/mol. The standard InChI is InChI=1S/C16H16N4O2/c21-15(17-8-10-4-3-5-10)12-9-18-20-13-7-2-1-6-11(13)16(22)19-14(12)20/h1-2,6-7,9-10H,3-5,8H2,(H,17,21)(H,19,22). The van der Waals surface area contributed by atoms with Crippen LogP contribution in [0.1, 0.15) is 29.6 Å². The molecule has 1 fully saturated rings. The first-order valence-corrected chi connectivity index (χ1v) is 7.51. The Morgan fingerprint density at radius 1 is 1.36 bits per heavy atom. The second-order valence-electron chi connectivity index (χ2n) is 5.80. The fourth-order valence-corrected chi connectivity index (χ4v) is 2.87. The molecular weight excluding hydrogens is 280 g/mol. The Bertz CT molecular complexity index is 921. The van der Waals surface area contributed by atoms with Crippen molar-refractivity contribution in [2.75, 3.05) is 6.54 Å². The van der Waals surface area contributed by atoms with Crippen molar-refractivity contribution < 1.29 is 4.79 Å². The fourth-order valence-electron chi connectivity index (χ4n) is 2.87. The van der Waals surface area contributed by atoms with Crippen molar-refractivity contribution in [2.45, 2.75) is 19.3 Å². The van der Waals surface area contributed by atoms with Gasteiger partial charge in [-0.3, -0.25) is 9.59 Å². The summed E-state index contributed by atoms with van der Waals surface area (Å²) in [6.07, 6.45) is 5.11. The highest BCUT2D eigenvalue weighted by Gasteiger charge is 2.20. The van der Waals surface area contributed by atoms with Gasteiger partial charge in [-0.05, 0) is 30.9 Å². The molecule has 1 aliphatic carbocycles. The summed E-state index contributed by atoms with van der Waals surface area (Å²) in [5.41, 5.74) is 1.33. The zero-order valence-corrected chi connectivity index (χ0v) is 12.0. The number of rotatable bonds is 3. The normalized spacial score (nSPS) is 15.1. The van der Waals surface area contributed by atoms with Crippen LogP contribution in [-0.4, -0.2) is 27.0 Å². The molecule has 2 N–H and O–H groups in total. The lowest BCUT2D eigenvalue weighted by Gasteiger charge is -2.25. The number of benzene rings is 1. The topological polar surface area (TPSA) is 79.3 Å². The molecule has 0 atom stereocenters. The Balaban J connectivity index is 1.75. The first-order valence-electron chi connectivity index (χ1n) is 7.51. The molecule has 0 bridgehead atoms. The maximum absolute atomic E-state index is 12.3. The van der Waals surface area contributed by atoms with Crippen LogP contribution in [0.5, 0.6) is 0 Å². The molecule has 0 spiro atoms. The van der Waals surface area contributed by atoms with E-state index in [1.54, 1.807) is 16.6 Å². The fraction of sp³-hybridized carbons (Fsp3) is 0.312. The largest absolute Gasteiger partial charge is 0.352 e. The van der Waals surface area contributed by atoms with E-state index in [9.17, 15) is 9.59 Å². The molecule has 0 aliphatic heterocycles. The minimum absolute atomic E-state index is 0.187. The maximum Gasteiger partial charge on any atom is 0.259 e. The molecule has 22 heavy (non-hydrogen) atoms. The molecule has 0 saturated heterocycles. The second-order valence-corrected chi connectivity index (χ2v) is 5.80. The van der Waals surface area contributed by atoms with E-state index < -0.39 is 0 Å². The number of nitrogens with zero attached hydrogens (tertiary/aromatic N) is 2. The third-order valence-electron chi connectivity index (χ3n) is 4.40. The van der Waals surface area contributed by atoms with E-state index >= 15 is 0 Å². The number of aromatic nitrogens is 3. The van der Waals surface area contributed by atoms with Gasteiger partial charge in [-0.15, -0.1) is 0 Å². The average molecular weight is 296 g/mol. The number of para-hydroxylation sites is 1. The van der Waals surface area contributed by atoms with Crippen molar-refractivity contribution in [3.8, 4) is 0 Å². The van der Waals surface area contributed by atoms with Gasteiger partial charge in [0.25, 0.3) is 11.5 Å². The molecule has 3 aromatic rings. The number of carbonyl (C=O) groups excluding carboxylic acids is 1. The van der Waals surface area contributed by atoms with Gasteiger partial charge >= 0.3 is 0 Å². The predicted molar refractivity (Wildman–Crippen MR) is 83.0 cm³/mol. The summed E-state index contributed by atoms with van der Waals surface area (Å²) >= 11 is 0. The number of nitrogens with one attached hydrogen (secondary N) is 2. The molecule has 0 unspecified atom stereocenters. The van der Waals surface area contributed by atoms with E-state index in [0.29, 0.717) is 34.6 Å². The van der Waals surface area contributed by atoms with E-state index in [2.05, 4.69) is 15.4 Å². The van der Waals surface area contributed by atoms with Gasteiger partial charge in [-0.1, -0.05) is 18.6 Å². The van der Waals surface area contributed by atoms with Gasteiger partial charge in [0.1, 0.15) is 11.2 Å². The first-order chi connectivity index (χ1) is 10.7. The first kappa shape index (κ1) is 13.1. The highest BCUT2D eigenvalue weighted by atomic mass is 16.2. The van der Waals surface area contributed by atoms with E-state index in [0.717, 1.165) is 0 Å². The maximum atomic E-state index is 12.3. The van der Waals surface area contributed by atoms with Crippen LogP contribution in [0.3, 0.4) is 0 Å². The number of fused-ring (bicyclic) bond motifs is 3. The summed E-state index contributed by atoms with van der Waals surface area (Å²) < 4.78 is 1.61. The van der Waals surface area contributed by atoms with Gasteiger partial charge in [-0.25, -0.2) is 4.52 Å². The van der Waals surface area contributed by atoms with Gasteiger partial charge in [-0.2, -0.15) is 5.10 Å². The van der Waals surface area contributed by atoms with Crippen molar-refractivity contribution in [3.05, 3.63) is 46.4 Å². The summed E-state index contributed by atoms with van der Waals surface area (Å²) in [5.74, 6) is 0.401. The van der Waals surface area contributed by atoms with Gasteiger partial charge in [0.05, 0.1) is 17.1 Å². The number of H-pyrrole nitrogens is 1. The molecule has 6 heteroatoms. The summed E-state index contributed by atoms with van der Waals surface area (Å²) in [6.45, 7) is 0.688. The van der Waals surface area contributed by atoms with Gasteiger partial charge in [0, 0.05) is 6.54 Å². The molecule has 6 nitrogen and oxygen atoms in total. The summed E-state index contributed by atoms with van der Waals surface area (Å²) in [6, 6.07) is 7.21. The Hall–Kier alpha value is -2.63. The van der Waals surface area contributed by atoms with Crippen LogP contribution in [-0.2, 0) is 0 Å². The van der Waals surface area contributed by atoms with Crippen molar-refractivity contribution >= 4 is 22.5 Å². The molecule has 2 heterocycles. The highest BCUT2D eigenvalue weighted by Crippen LogP contribution is 2.25. The van der Waals surface area contributed by atoms with E-state index in [4.69, 9.17) is 0 Å². The zero-order valence-electron chi connectivity index (χ0n) is 12.0. The number of carbonyl (C=O) groups is 1. The van der Waals surface area contributed by atoms with Crippen LogP contribution >= 0.6 is 0 Å². The molecule has 0 radical (unpaired) electrons. The molecule has 2 aromatic heterocycles. The van der Waals surface area contributed by atoms with Gasteiger partial charge in [0.15, 0.2) is 0 Å². The van der Waals surface area contributed by atoms with Crippen molar-refractivity contribution in [1.29, 1.82) is 0 Å². The van der Waals surface area contributed by atoms with Crippen molar-refractivity contribution in [3.63, 3.8) is 0 Å². The molecular formula is C16H16N4O2. The lowest BCUT2D eigenvalue weighted by atomic mass is 9.85. The Labute approximate surface area is 126 Å². The predicted octanol–water partition coefficient (Wildman–Crippen LogP) is 1.71. The second kappa shape index (κ2) is 4.98. The minimum Gasteiger partial charge on any atom is -0.352 e. The number of hydrogen-bond acceptors (Lipinski definition) is 3. The number of amides is 1. The molecule has 1 aliphatic rings. The molecule has 4 rings (SSSR count). The summed E-state index contributed by atoms with van der Waals surface area (Å²) in [4.78, 5) is 27.2. The summed E-state index contributed by atoms with van der Waals surface area (Å²) in [7, 11) is 0. The Morgan fingerprint density at radius 2 is 2.18 bits per heavy atom. The van der Waals surface area contributed by atoms with Crippen molar-refractivity contribution in [1.82, 2.24) is 19.9 Å². The van der Waals surface area contributed by atoms with Crippen LogP contribution in [0.2, 0.25) is 0 Å².